The van der Waals surface area contributed by atoms with Crippen molar-refractivity contribution in [1.29, 1.82) is 0 Å². The van der Waals surface area contributed by atoms with Crippen LogP contribution in [-0.2, 0) is 16.0 Å². The molecule has 7 heteroatoms. The Kier molecular flexibility index (Phi) is 7.15. The van der Waals surface area contributed by atoms with Crippen LogP contribution in [0.15, 0.2) is 29.2 Å². The lowest BCUT2D eigenvalue weighted by molar-refractivity contribution is -0.117. The number of carbonyl (C=O) groups excluding carboxylic acids is 2. The Morgan fingerprint density at radius 3 is 2.58 bits per heavy atom. The second-order valence-electron chi connectivity index (χ2n) is 7.64. The van der Waals surface area contributed by atoms with Crippen molar-refractivity contribution in [2.45, 2.75) is 52.5 Å². The van der Waals surface area contributed by atoms with Crippen LogP contribution in [0.5, 0.6) is 11.5 Å². The van der Waals surface area contributed by atoms with Gasteiger partial charge in [0.1, 0.15) is 11.3 Å². The summed E-state index contributed by atoms with van der Waals surface area (Å²) < 4.78 is 18.5. The van der Waals surface area contributed by atoms with Crippen molar-refractivity contribution >= 4 is 11.8 Å². The van der Waals surface area contributed by atoms with E-state index in [0.717, 1.165) is 29.7 Å². The zero-order valence-electron chi connectivity index (χ0n) is 18.5. The maximum atomic E-state index is 12.7. The van der Waals surface area contributed by atoms with E-state index < -0.39 is 5.97 Å². The molecule has 0 amide bonds. The largest absolute Gasteiger partial charge is 0.493 e. The predicted octanol–water partition coefficient (Wildman–Crippen LogP) is 3.96. The van der Waals surface area contributed by atoms with Crippen LogP contribution in [0, 0.1) is 0 Å². The summed E-state index contributed by atoms with van der Waals surface area (Å²) >= 11 is 0. The number of methoxy groups -OCH3 is 1. The van der Waals surface area contributed by atoms with Gasteiger partial charge in [0.05, 0.1) is 26.0 Å². The topological polar surface area (TPSA) is 83.8 Å². The fraction of sp³-hybridized carbons (Fsp3) is 0.458. The highest BCUT2D eigenvalue weighted by Crippen LogP contribution is 2.41. The second-order valence-corrected chi connectivity index (χ2v) is 7.64. The first-order valence-corrected chi connectivity index (χ1v) is 10.7. The molecule has 0 aliphatic carbocycles. The molecule has 31 heavy (non-hydrogen) atoms. The fourth-order valence-electron chi connectivity index (χ4n) is 3.91. The fourth-order valence-corrected chi connectivity index (χ4v) is 3.91. The van der Waals surface area contributed by atoms with Gasteiger partial charge < -0.3 is 23.6 Å². The Hall–Kier alpha value is -3.09. The Labute approximate surface area is 181 Å². The van der Waals surface area contributed by atoms with Crippen LogP contribution >= 0.6 is 0 Å². The van der Waals surface area contributed by atoms with E-state index in [-0.39, 0.29) is 29.4 Å². The molecule has 0 spiro atoms. The number of aromatic nitrogens is 1. The predicted molar refractivity (Wildman–Crippen MR) is 117 cm³/mol. The molecule has 0 saturated carbocycles. The number of carbonyl (C=O) groups is 2. The summed E-state index contributed by atoms with van der Waals surface area (Å²) in [7, 11) is 1.57. The molecule has 1 aromatic heterocycles. The van der Waals surface area contributed by atoms with Crippen molar-refractivity contribution in [2.75, 3.05) is 20.3 Å². The normalized spacial score (nSPS) is 14.4. The second kappa shape index (κ2) is 9.81. The van der Waals surface area contributed by atoms with Gasteiger partial charge in [-0.25, -0.2) is 4.79 Å². The lowest BCUT2D eigenvalue weighted by atomic mass is 9.90. The number of esters is 1. The monoisotopic (exact) mass is 427 g/mol. The smallest absolute Gasteiger partial charge is 0.343 e. The summed E-state index contributed by atoms with van der Waals surface area (Å²) in [6, 6.07) is 5.42. The number of fused-ring (bicyclic) bond motifs is 3. The number of pyridine rings is 1. The molecule has 0 N–H and O–H groups in total. The number of hydrogen-bond donors (Lipinski definition) is 0. The summed E-state index contributed by atoms with van der Waals surface area (Å²) in [4.78, 5) is 36.0. The Morgan fingerprint density at radius 2 is 1.94 bits per heavy atom. The van der Waals surface area contributed by atoms with Crippen molar-refractivity contribution in [3.8, 4) is 22.8 Å². The molecule has 0 radical (unpaired) electrons. The van der Waals surface area contributed by atoms with Gasteiger partial charge in [-0.15, -0.1) is 0 Å². The number of rotatable bonds is 9. The van der Waals surface area contributed by atoms with E-state index in [1.54, 1.807) is 27.2 Å². The van der Waals surface area contributed by atoms with Crippen LogP contribution in [0.25, 0.3) is 11.3 Å². The average Bonchev–Trinajstić information content (AvgIpc) is 2.75. The standard InChI is InChI=1S/C24H29NO6/c1-5-17-10-16-11-23(31-9-7-8-15(3)26)22(29-4)12-18(16)20-13-21(27)19(14-25(17)20)24(28)30-6-2/h11-14,17H,5-10H2,1-4H3. The van der Waals surface area contributed by atoms with Gasteiger partial charge in [-0.2, -0.15) is 0 Å². The first-order chi connectivity index (χ1) is 14.9. The minimum absolute atomic E-state index is 0.0462. The molecule has 1 aromatic carbocycles. The first kappa shape index (κ1) is 22.6. The van der Waals surface area contributed by atoms with Crippen molar-refractivity contribution in [2.24, 2.45) is 0 Å². The van der Waals surface area contributed by atoms with Crippen molar-refractivity contribution < 1.29 is 23.8 Å². The Bertz CT molecular complexity index is 1040. The van der Waals surface area contributed by atoms with E-state index in [9.17, 15) is 14.4 Å². The van der Waals surface area contributed by atoms with Crippen LogP contribution in [-0.4, -0.2) is 36.6 Å². The molecule has 1 aliphatic heterocycles. The van der Waals surface area contributed by atoms with E-state index in [2.05, 4.69) is 6.92 Å². The third kappa shape index (κ3) is 4.81. The minimum atomic E-state index is -0.602. The molecule has 0 bridgehead atoms. The summed E-state index contributed by atoms with van der Waals surface area (Å²) in [5.41, 5.74) is 2.36. The number of Topliss-reactive ketones (excluding diaryl/α,β-unsaturated/α-hetero) is 1. The summed E-state index contributed by atoms with van der Waals surface area (Å²) in [6.45, 7) is 5.99. The van der Waals surface area contributed by atoms with E-state index in [1.807, 2.05) is 16.7 Å². The molecule has 166 valence electrons. The van der Waals surface area contributed by atoms with Gasteiger partial charge >= 0.3 is 5.97 Å². The lowest BCUT2D eigenvalue weighted by Gasteiger charge is -2.31. The zero-order chi connectivity index (χ0) is 22.5. The van der Waals surface area contributed by atoms with Gasteiger partial charge in [0, 0.05) is 30.3 Å². The summed E-state index contributed by atoms with van der Waals surface area (Å²) in [5.74, 6) is 0.718. The van der Waals surface area contributed by atoms with Gasteiger partial charge in [0.25, 0.3) is 0 Å². The number of ether oxygens (including phenoxy) is 3. The molecule has 7 nitrogen and oxygen atoms in total. The van der Waals surface area contributed by atoms with Crippen LogP contribution in [0.4, 0.5) is 0 Å². The number of hydrogen-bond acceptors (Lipinski definition) is 6. The number of benzene rings is 1. The molecule has 1 aliphatic rings. The number of ketones is 1. The molecular formula is C24H29NO6. The first-order valence-electron chi connectivity index (χ1n) is 10.7. The van der Waals surface area contributed by atoms with Crippen LogP contribution in [0.2, 0.25) is 0 Å². The van der Waals surface area contributed by atoms with Crippen LogP contribution < -0.4 is 14.9 Å². The lowest BCUT2D eigenvalue weighted by Crippen LogP contribution is -2.26. The van der Waals surface area contributed by atoms with Crippen molar-refractivity contribution in [3.05, 3.63) is 45.7 Å². The maximum absolute atomic E-state index is 12.7. The molecule has 2 heterocycles. The highest BCUT2D eigenvalue weighted by Gasteiger charge is 2.27. The number of nitrogens with zero attached hydrogens (tertiary/aromatic N) is 1. The molecule has 1 atom stereocenters. The van der Waals surface area contributed by atoms with E-state index in [1.165, 1.54) is 6.07 Å². The molecule has 0 saturated heterocycles. The van der Waals surface area contributed by atoms with Crippen molar-refractivity contribution in [1.82, 2.24) is 4.57 Å². The SMILES string of the molecule is CCOC(=O)c1cn2c(cc1=O)-c1cc(OC)c(OCCCC(C)=O)cc1CC2CC. The van der Waals surface area contributed by atoms with E-state index in [4.69, 9.17) is 14.2 Å². The third-order valence-electron chi connectivity index (χ3n) is 5.49. The molecule has 3 rings (SSSR count). The van der Waals surface area contributed by atoms with Crippen molar-refractivity contribution in [3.63, 3.8) is 0 Å². The van der Waals surface area contributed by atoms with Gasteiger partial charge in [-0.05, 0) is 50.8 Å². The summed E-state index contributed by atoms with van der Waals surface area (Å²) in [6.07, 6.45) is 4.30. The minimum Gasteiger partial charge on any atom is -0.493 e. The van der Waals surface area contributed by atoms with Gasteiger partial charge in [-0.3, -0.25) is 4.79 Å². The highest BCUT2D eigenvalue weighted by atomic mass is 16.5. The zero-order valence-corrected chi connectivity index (χ0v) is 18.5. The maximum Gasteiger partial charge on any atom is 0.343 e. The van der Waals surface area contributed by atoms with E-state index >= 15 is 0 Å². The van der Waals surface area contributed by atoms with Gasteiger partial charge in [-0.1, -0.05) is 6.92 Å². The summed E-state index contributed by atoms with van der Waals surface area (Å²) in [5, 5.41) is 0. The van der Waals surface area contributed by atoms with Gasteiger partial charge in [0.2, 0.25) is 0 Å². The molecule has 2 aromatic rings. The Balaban J connectivity index is 2.02. The molecular weight excluding hydrogens is 398 g/mol. The van der Waals surface area contributed by atoms with Crippen LogP contribution in [0.3, 0.4) is 0 Å². The Morgan fingerprint density at radius 1 is 1.16 bits per heavy atom. The highest BCUT2D eigenvalue weighted by molar-refractivity contribution is 5.89. The quantitative estimate of drug-likeness (QED) is 0.445. The average molecular weight is 427 g/mol. The van der Waals surface area contributed by atoms with Crippen LogP contribution in [0.1, 0.15) is 62.0 Å². The third-order valence-corrected chi connectivity index (χ3v) is 5.49. The molecule has 0 fully saturated rings. The molecule has 1 unspecified atom stereocenters. The van der Waals surface area contributed by atoms with E-state index in [0.29, 0.717) is 30.9 Å². The van der Waals surface area contributed by atoms with Gasteiger partial charge in [0.15, 0.2) is 16.9 Å².